The summed E-state index contributed by atoms with van der Waals surface area (Å²) in [7, 11) is -5.04. The van der Waals surface area contributed by atoms with Crippen molar-refractivity contribution in [3.05, 3.63) is 217 Å². The van der Waals surface area contributed by atoms with Gasteiger partial charge in [0.2, 0.25) is 0 Å². The molecule has 17 nitrogen and oxygen atoms in total. The number of rotatable bonds is 18. The van der Waals surface area contributed by atoms with Crippen LogP contribution in [0.3, 0.4) is 0 Å². The van der Waals surface area contributed by atoms with E-state index in [0.717, 1.165) is 24.3 Å². The van der Waals surface area contributed by atoms with Crippen molar-refractivity contribution in [1.29, 1.82) is 0 Å². The minimum Gasteiger partial charge on any atom is -0.437 e. The molecule has 0 aliphatic heterocycles. The van der Waals surface area contributed by atoms with Gasteiger partial charge in [0, 0.05) is 25.5 Å². The summed E-state index contributed by atoms with van der Waals surface area (Å²) in [6.07, 6.45) is 13.0. The van der Waals surface area contributed by atoms with E-state index in [0.29, 0.717) is 56.1 Å². The number of fused-ring (bicyclic) bond motifs is 2. The van der Waals surface area contributed by atoms with Gasteiger partial charge in [-0.25, -0.2) is 45.6 Å². The monoisotopic (exact) mass is 1060 g/mol. The Morgan fingerprint density at radius 3 is 1.28 bits per heavy atom. The second-order valence-corrected chi connectivity index (χ2v) is 20.4. The van der Waals surface area contributed by atoms with E-state index in [1.807, 2.05) is 14.1 Å². The Hall–Kier alpha value is -9.47. The number of carbonyl (C=O) groups excluding carboxylic acids is 1. The molecule has 0 bridgehead atoms. The molecule has 0 fully saturated rings. The predicted octanol–water partition coefficient (Wildman–Crippen LogP) is 10.4. The van der Waals surface area contributed by atoms with Crippen molar-refractivity contribution in [2.24, 2.45) is 14.1 Å². The Labute approximate surface area is 434 Å². The lowest BCUT2D eigenvalue weighted by molar-refractivity contribution is -0.120. The number of aromatic nitrogens is 8. The Kier molecular flexibility index (Phi) is 14.0. The molecule has 380 valence electrons. The van der Waals surface area contributed by atoms with Crippen LogP contribution in [-0.2, 0) is 38.9 Å². The molecule has 2 N–H and O–H groups in total. The Bertz CT molecular complexity index is 3800. The third-order valence-corrected chi connectivity index (χ3v) is 14.8. The molecule has 0 aliphatic carbocycles. The van der Waals surface area contributed by atoms with Gasteiger partial charge in [-0.1, -0.05) is 97.1 Å². The van der Waals surface area contributed by atoms with Gasteiger partial charge < -0.3 is 18.6 Å². The Balaban J connectivity index is 0.984. The number of ether oxygens (including phenoxy) is 2. The molecule has 10 rings (SSSR count). The van der Waals surface area contributed by atoms with Crippen molar-refractivity contribution in [3.8, 4) is 23.3 Å². The lowest BCUT2D eigenvalue weighted by Gasteiger charge is -2.20. The number of hydrogen-bond donors (Lipinski definition) is 2. The molecule has 0 radical (unpaired) electrons. The van der Waals surface area contributed by atoms with Crippen molar-refractivity contribution in [3.63, 3.8) is 0 Å². The average Bonchev–Trinajstić information content (AvgIpc) is 4.01. The summed E-state index contributed by atoms with van der Waals surface area (Å²) in [4.78, 5) is 40.1. The molecule has 10 aromatic rings. The van der Waals surface area contributed by atoms with Crippen LogP contribution < -0.4 is 18.9 Å². The van der Waals surface area contributed by atoms with Crippen LogP contribution in [0.15, 0.2) is 193 Å². The third kappa shape index (κ3) is 10.9. The average molecular weight is 1060 g/mol. The lowest BCUT2D eigenvalue weighted by atomic mass is 9.82. The van der Waals surface area contributed by atoms with Crippen LogP contribution in [0.25, 0.3) is 34.5 Å². The number of carbonyl (C=O) groups is 1. The molecule has 0 saturated heterocycles. The summed E-state index contributed by atoms with van der Waals surface area (Å²) in [5.41, 5.74) is 4.72. The highest BCUT2D eigenvalue weighted by atomic mass is 32.2. The second kappa shape index (κ2) is 21.2. The summed E-state index contributed by atoms with van der Waals surface area (Å²) in [5, 5.41) is 0. The summed E-state index contributed by atoms with van der Waals surface area (Å²) >= 11 is 0. The fraction of sp³-hybridized carbons (Fsp3) is 0.0727. The van der Waals surface area contributed by atoms with Crippen molar-refractivity contribution >= 4 is 71.7 Å². The molecule has 0 amide bonds. The Morgan fingerprint density at radius 1 is 0.513 bits per heavy atom. The topological polar surface area (TPSA) is 215 Å². The molecule has 21 heteroatoms. The van der Waals surface area contributed by atoms with E-state index in [1.54, 1.807) is 119 Å². The zero-order valence-corrected chi connectivity index (χ0v) is 41.8. The first-order valence-corrected chi connectivity index (χ1v) is 26.1. The summed E-state index contributed by atoms with van der Waals surface area (Å²) in [5.74, 6) is -2.69. The van der Waals surface area contributed by atoms with Gasteiger partial charge in [0.05, 0.1) is 24.5 Å². The number of ketones is 1. The van der Waals surface area contributed by atoms with E-state index in [2.05, 4.69) is 39.3 Å². The van der Waals surface area contributed by atoms with Crippen molar-refractivity contribution in [1.82, 2.24) is 39.0 Å². The molecular formula is C55H42F2N10O7S2. The smallest absolute Gasteiger partial charge is 0.264 e. The number of nitrogens with zero attached hydrogens (tertiary/aromatic N) is 8. The molecule has 4 aromatic heterocycles. The van der Waals surface area contributed by atoms with Crippen LogP contribution in [0.5, 0.6) is 23.3 Å². The van der Waals surface area contributed by atoms with Crippen LogP contribution in [0.2, 0.25) is 0 Å². The summed E-state index contributed by atoms with van der Waals surface area (Å²) in [6, 6.07) is 36.4. The summed E-state index contributed by atoms with van der Waals surface area (Å²) < 4.78 is 103. The lowest BCUT2D eigenvalue weighted by Crippen LogP contribution is -2.19. The maximum absolute atomic E-state index is 15.4. The van der Waals surface area contributed by atoms with Crippen molar-refractivity contribution in [2.45, 2.75) is 21.6 Å². The largest absolute Gasteiger partial charge is 0.437 e. The van der Waals surface area contributed by atoms with Crippen LogP contribution in [0.1, 0.15) is 34.1 Å². The highest BCUT2D eigenvalue weighted by molar-refractivity contribution is 7.93. The van der Waals surface area contributed by atoms with E-state index in [1.165, 1.54) is 61.2 Å². The first-order chi connectivity index (χ1) is 36.7. The van der Waals surface area contributed by atoms with Gasteiger partial charge in [-0.15, -0.1) is 0 Å². The van der Waals surface area contributed by atoms with Gasteiger partial charge in [0.1, 0.15) is 45.6 Å². The number of benzene rings is 6. The molecule has 2 unspecified atom stereocenters. The van der Waals surface area contributed by atoms with Crippen LogP contribution in [0.4, 0.5) is 20.2 Å². The van der Waals surface area contributed by atoms with E-state index < -0.39 is 53.3 Å². The molecule has 2 atom stereocenters. The van der Waals surface area contributed by atoms with E-state index in [-0.39, 0.29) is 28.9 Å². The SMILES string of the molecule is Cn1cnc2c(Oc3ccc(/C=C/C(C(=O)C(/C=C/c4ccc(Oc5ncnc6c5ncn6C)cc4)c4ccc(NS(=O)(=O)c5ccccc5F)cc4)c4ccc(NS(=O)(=O)c5ccccc5F)cc4)cc3)ncnc21. The van der Waals surface area contributed by atoms with Gasteiger partial charge in [-0.2, -0.15) is 9.97 Å². The molecule has 0 saturated carbocycles. The number of hydrogen-bond acceptors (Lipinski definition) is 13. The van der Waals surface area contributed by atoms with Gasteiger partial charge >= 0.3 is 0 Å². The van der Waals surface area contributed by atoms with Gasteiger partial charge in [-0.05, 0) is 95.1 Å². The second-order valence-electron chi connectivity index (χ2n) is 17.1. The minimum atomic E-state index is -4.33. The van der Waals surface area contributed by atoms with Crippen LogP contribution in [-0.4, -0.2) is 61.7 Å². The highest BCUT2D eigenvalue weighted by Gasteiger charge is 2.28. The predicted molar refractivity (Wildman–Crippen MR) is 281 cm³/mol. The number of nitrogens with one attached hydrogen (secondary N) is 2. The van der Waals surface area contributed by atoms with E-state index in [9.17, 15) is 25.6 Å². The van der Waals surface area contributed by atoms with Gasteiger partial charge in [0.25, 0.3) is 31.8 Å². The summed E-state index contributed by atoms with van der Waals surface area (Å²) in [6.45, 7) is 0. The van der Waals surface area contributed by atoms with Crippen LogP contribution >= 0.6 is 0 Å². The van der Waals surface area contributed by atoms with Gasteiger partial charge in [0.15, 0.2) is 28.1 Å². The zero-order valence-electron chi connectivity index (χ0n) is 40.1. The maximum atomic E-state index is 15.4. The number of anilines is 2. The van der Waals surface area contributed by atoms with Gasteiger partial charge in [-0.3, -0.25) is 14.2 Å². The van der Waals surface area contributed by atoms with E-state index >= 15 is 4.79 Å². The normalized spacial score (nSPS) is 12.8. The van der Waals surface area contributed by atoms with Crippen LogP contribution in [0, 0.1) is 11.6 Å². The molecule has 76 heavy (non-hydrogen) atoms. The number of sulfonamides is 2. The third-order valence-electron chi connectivity index (χ3n) is 12.0. The maximum Gasteiger partial charge on any atom is 0.264 e. The number of Topliss-reactive ketones (excluding diaryl/α,β-unsaturated/α-hetero) is 1. The minimum absolute atomic E-state index is 0.117. The first-order valence-electron chi connectivity index (χ1n) is 23.1. The molecule has 4 heterocycles. The first kappa shape index (κ1) is 50.1. The molecule has 0 spiro atoms. The fourth-order valence-corrected chi connectivity index (χ4v) is 10.4. The fourth-order valence-electron chi connectivity index (χ4n) is 8.13. The quantitative estimate of drug-likeness (QED) is 0.0819. The standard InChI is InChI=1S/C55H42F2N10O7S2/c1-66-33-62-49-52(66)58-31-60-54(49)73-41-25-11-35(12-26-41)15-29-43(37-17-21-39(22-18-37)64-75(69,70)47-9-5-3-7-45(47)56)51(68)44(38-19-23-40(24-20-38)65-76(71,72)48-10-6-4-8-46(48)57)30-16-36-13-27-42(28-14-36)74-55-50-53(59-32-61-55)67(2)34-63-50/h3-34,43-44,64-65H,1-2H3/b29-15+,30-16+. The number of halogens is 2. The van der Waals surface area contributed by atoms with E-state index in [4.69, 9.17) is 9.47 Å². The Morgan fingerprint density at radius 2 is 0.895 bits per heavy atom. The van der Waals surface area contributed by atoms with Crippen molar-refractivity contribution < 1.29 is 39.9 Å². The number of allylic oxidation sites excluding steroid dienone is 2. The highest BCUT2D eigenvalue weighted by Crippen LogP contribution is 2.34. The molecule has 6 aromatic carbocycles. The molecule has 0 aliphatic rings. The zero-order chi connectivity index (χ0) is 53.0. The van der Waals surface area contributed by atoms with Crippen molar-refractivity contribution in [2.75, 3.05) is 9.44 Å². The molecular weight excluding hydrogens is 1010 g/mol. The number of imidazole rings is 2. The number of aryl methyl sites for hydroxylation is 2.